The van der Waals surface area contributed by atoms with E-state index in [0.717, 1.165) is 55.4 Å². The Labute approximate surface area is 209 Å². The number of hydrogen-bond donors (Lipinski definition) is 1. The second kappa shape index (κ2) is 11.1. The molecule has 0 saturated carbocycles. The molecular formula is C24H28Cl2N6O2. The minimum absolute atomic E-state index is 0.206. The number of aromatic nitrogens is 3. The summed E-state index contributed by atoms with van der Waals surface area (Å²) in [5.41, 5.74) is 3.11. The highest BCUT2D eigenvalue weighted by Crippen LogP contribution is 2.32. The maximum atomic E-state index is 12.7. The molecule has 0 bridgehead atoms. The van der Waals surface area contributed by atoms with Gasteiger partial charge in [0, 0.05) is 39.3 Å². The Bertz CT molecular complexity index is 1130. The van der Waals surface area contributed by atoms with Crippen molar-refractivity contribution in [2.24, 2.45) is 0 Å². The molecule has 10 heteroatoms. The van der Waals surface area contributed by atoms with Crippen LogP contribution in [0.1, 0.15) is 21.7 Å². The molecule has 1 N–H and O–H groups in total. The minimum atomic E-state index is -0.206. The molecule has 1 aliphatic rings. The van der Waals surface area contributed by atoms with E-state index in [2.05, 4.69) is 25.4 Å². The molecule has 2 heterocycles. The Balaban J connectivity index is 1.24. The molecule has 8 nitrogen and oxygen atoms in total. The fraction of sp³-hybridized carbons (Fsp3) is 0.375. The summed E-state index contributed by atoms with van der Waals surface area (Å²) in [6.07, 6.45) is 0. The van der Waals surface area contributed by atoms with Crippen LogP contribution in [-0.2, 0) is 6.54 Å². The lowest BCUT2D eigenvalue weighted by Gasteiger charge is -2.36. The minimum Gasteiger partial charge on any atom is -0.497 e. The number of methoxy groups -OCH3 is 1. The van der Waals surface area contributed by atoms with Gasteiger partial charge in [-0.2, -0.15) is 0 Å². The third kappa shape index (κ3) is 5.63. The number of amides is 1. The van der Waals surface area contributed by atoms with Crippen molar-refractivity contribution in [3.8, 4) is 5.75 Å². The average molecular weight is 503 g/mol. The lowest BCUT2D eigenvalue weighted by atomic mass is 10.2. The number of carbonyl (C=O) groups is 1. The smallest absolute Gasteiger partial charge is 0.273 e. The van der Waals surface area contributed by atoms with Crippen LogP contribution in [0, 0.1) is 6.92 Å². The molecular weight excluding hydrogens is 475 g/mol. The highest BCUT2D eigenvalue weighted by molar-refractivity contribution is 6.43. The maximum Gasteiger partial charge on any atom is 0.273 e. The molecule has 3 aromatic rings. The Morgan fingerprint density at radius 3 is 2.53 bits per heavy atom. The number of ether oxygens (including phenoxy) is 1. The summed E-state index contributed by atoms with van der Waals surface area (Å²) in [5.74, 6) is 0.594. The van der Waals surface area contributed by atoms with E-state index in [0.29, 0.717) is 28.8 Å². The third-order valence-corrected chi connectivity index (χ3v) is 6.86. The van der Waals surface area contributed by atoms with Crippen LogP contribution in [-0.4, -0.2) is 72.2 Å². The second-order valence-corrected chi connectivity index (χ2v) is 8.97. The normalized spacial score (nSPS) is 14.3. The number of benzene rings is 2. The van der Waals surface area contributed by atoms with E-state index in [1.807, 2.05) is 43.3 Å². The Kier molecular flexibility index (Phi) is 7.92. The number of carbonyl (C=O) groups excluding carboxylic acids is 1. The fourth-order valence-electron chi connectivity index (χ4n) is 3.98. The van der Waals surface area contributed by atoms with E-state index in [1.165, 1.54) is 0 Å². The van der Waals surface area contributed by atoms with Crippen molar-refractivity contribution in [1.29, 1.82) is 0 Å². The molecule has 4 rings (SSSR count). The summed E-state index contributed by atoms with van der Waals surface area (Å²) in [7, 11) is 1.64. The molecule has 0 atom stereocenters. The van der Waals surface area contributed by atoms with Crippen molar-refractivity contribution in [1.82, 2.24) is 25.2 Å². The zero-order valence-corrected chi connectivity index (χ0v) is 20.8. The average Bonchev–Trinajstić information content (AvgIpc) is 3.21. The Morgan fingerprint density at radius 1 is 1.09 bits per heavy atom. The third-order valence-electron chi connectivity index (χ3n) is 6.05. The molecule has 0 radical (unpaired) electrons. The van der Waals surface area contributed by atoms with Gasteiger partial charge in [0.15, 0.2) is 5.69 Å². The zero-order valence-electron chi connectivity index (χ0n) is 19.3. The molecule has 0 spiro atoms. The number of piperazine rings is 1. The second-order valence-electron chi connectivity index (χ2n) is 8.19. The lowest BCUT2D eigenvalue weighted by Crippen LogP contribution is -2.48. The van der Waals surface area contributed by atoms with Gasteiger partial charge in [-0.3, -0.25) is 9.69 Å². The number of nitrogens with one attached hydrogen (secondary N) is 1. The van der Waals surface area contributed by atoms with Gasteiger partial charge in [0.25, 0.3) is 5.91 Å². The van der Waals surface area contributed by atoms with Crippen molar-refractivity contribution in [2.45, 2.75) is 13.5 Å². The summed E-state index contributed by atoms with van der Waals surface area (Å²) in [5, 5.41) is 12.4. The van der Waals surface area contributed by atoms with Gasteiger partial charge in [0.05, 0.1) is 35.1 Å². The molecule has 1 saturated heterocycles. The largest absolute Gasteiger partial charge is 0.497 e. The first kappa shape index (κ1) is 24.3. The van der Waals surface area contributed by atoms with E-state index in [1.54, 1.807) is 17.9 Å². The predicted molar refractivity (Wildman–Crippen MR) is 134 cm³/mol. The highest BCUT2D eigenvalue weighted by atomic mass is 35.5. The molecule has 1 aromatic heterocycles. The van der Waals surface area contributed by atoms with Crippen molar-refractivity contribution in [3.05, 3.63) is 69.5 Å². The quantitative estimate of drug-likeness (QED) is 0.507. The lowest BCUT2D eigenvalue weighted by molar-refractivity contribution is 0.0942. The molecule has 1 amide bonds. The van der Waals surface area contributed by atoms with Crippen LogP contribution in [0.4, 0.5) is 5.69 Å². The summed E-state index contributed by atoms with van der Waals surface area (Å²) in [6, 6.07) is 13.5. The van der Waals surface area contributed by atoms with Gasteiger partial charge in [-0.15, -0.1) is 5.10 Å². The predicted octanol–water partition coefficient (Wildman–Crippen LogP) is 3.50. The van der Waals surface area contributed by atoms with Crippen molar-refractivity contribution in [2.75, 3.05) is 51.3 Å². The van der Waals surface area contributed by atoms with Gasteiger partial charge < -0.3 is 15.0 Å². The summed E-state index contributed by atoms with van der Waals surface area (Å²) < 4.78 is 6.92. The van der Waals surface area contributed by atoms with Crippen LogP contribution in [0.2, 0.25) is 10.0 Å². The van der Waals surface area contributed by atoms with Crippen molar-refractivity contribution >= 4 is 34.8 Å². The molecule has 0 unspecified atom stereocenters. The monoisotopic (exact) mass is 502 g/mol. The molecule has 1 fully saturated rings. The van der Waals surface area contributed by atoms with Gasteiger partial charge >= 0.3 is 0 Å². The number of hydrogen-bond acceptors (Lipinski definition) is 6. The summed E-state index contributed by atoms with van der Waals surface area (Å²) >= 11 is 12.5. The molecule has 0 aliphatic carbocycles. The molecule has 34 heavy (non-hydrogen) atoms. The fourth-order valence-corrected chi connectivity index (χ4v) is 4.40. The van der Waals surface area contributed by atoms with Gasteiger partial charge in [0.2, 0.25) is 0 Å². The number of rotatable bonds is 8. The standard InChI is InChI=1S/C24H28Cl2N6O2/c1-17-23(28-29-32(17)16-18-6-8-19(34-2)9-7-18)24(33)27-10-11-30-12-14-31(15-13-30)21-5-3-4-20(25)22(21)26/h3-9H,10-16H2,1-2H3,(H,27,33). The maximum absolute atomic E-state index is 12.7. The van der Waals surface area contributed by atoms with Gasteiger partial charge in [-0.25, -0.2) is 4.68 Å². The van der Waals surface area contributed by atoms with Crippen LogP contribution < -0.4 is 15.0 Å². The Morgan fingerprint density at radius 2 is 1.82 bits per heavy atom. The topological polar surface area (TPSA) is 75.5 Å². The van der Waals surface area contributed by atoms with E-state index < -0.39 is 0 Å². The molecule has 1 aliphatic heterocycles. The number of halogens is 2. The van der Waals surface area contributed by atoms with Crippen molar-refractivity contribution < 1.29 is 9.53 Å². The van der Waals surface area contributed by atoms with E-state index in [9.17, 15) is 4.79 Å². The van der Waals surface area contributed by atoms with E-state index in [-0.39, 0.29) is 5.91 Å². The Hall–Kier alpha value is -2.81. The summed E-state index contributed by atoms with van der Waals surface area (Å²) in [4.78, 5) is 17.2. The van der Waals surface area contributed by atoms with Crippen LogP contribution in [0.5, 0.6) is 5.75 Å². The van der Waals surface area contributed by atoms with Crippen LogP contribution >= 0.6 is 23.2 Å². The van der Waals surface area contributed by atoms with Gasteiger partial charge in [0.1, 0.15) is 5.75 Å². The highest BCUT2D eigenvalue weighted by Gasteiger charge is 2.21. The zero-order chi connectivity index (χ0) is 24.1. The molecule has 180 valence electrons. The van der Waals surface area contributed by atoms with Crippen LogP contribution in [0.3, 0.4) is 0 Å². The van der Waals surface area contributed by atoms with Gasteiger partial charge in [-0.1, -0.05) is 46.6 Å². The number of nitrogens with zero attached hydrogens (tertiary/aromatic N) is 5. The van der Waals surface area contributed by atoms with Crippen LogP contribution in [0.25, 0.3) is 0 Å². The first-order valence-electron chi connectivity index (χ1n) is 11.2. The van der Waals surface area contributed by atoms with E-state index in [4.69, 9.17) is 27.9 Å². The molecule has 2 aromatic carbocycles. The van der Waals surface area contributed by atoms with Crippen LogP contribution in [0.15, 0.2) is 42.5 Å². The summed E-state index contributed by atoms with van der Waals surface area (Å²) in [6.45, 7) is 7.18. The van der Waals surface area contributed by atoms with Crippen molar-refractivity contribution in [3.63, 3.8) is 0 Å². The van der Waals surface area contributed by atoms with Gasteiger partial charge in [-0.05, 0) is 36.8 Å². The first-order chi connectivity index (χ1) is 16.5. The van der Waals surface area contributed by atoms with E-state index >= 15 is 0 Å². The SMILES string of the molecule is COc1ccc(Cn2nnc(C(=O)NCCN3CCN(c4cccc(Cl)c4Cl)CC3)c2C)cc1. The number of anilines is 1. The first-order valence-corrected chi connectivity index (χ1v) is 11.9.